The van der Waals surface area contributed by atoms with Gasteiger partial charge in [0.2, 0.25) is 17.7 Å². The predicted octanol–water partition coefficient (Wildman–Crippen LogP) is -1.30. The molecule has 11 heteroatoms. The van der Waals surface area contributed by atoms with Crippen molar-refractivity contribution in [1.82, 2.24) is 15.5 Å². The number of nitrogens with one attached hydrogen (secondary N) is 3. The molecule has 1 saturated heterocycles. The van der Waals surface area contributed by atoms with E-state index in [4.69, 9.17) is 5.11 Å². The first-order valence-electron chi connectivity index (χ1n) is 8.36. The van der Waals surface area contributed by atoms with Crippen LogP contribution in [0.25, 0.3) is 0 Å². The molecular formula is C17H16N4O7. The number of hydrogen-bond donors (Lipinski definition) is 4. The second kappa shape index (κ2) is 7.47. The van der Waals surface area contributed by atoms with Crippen molar-refractivity contribution in [3.8, 4) is 0 Å². The van der Waals surface area contributed by atoms with Gasteiger partial charge in [0.25, 0.3) is 11.8 Å². The van der Waals surface area contributed by atoms with Gasteiger partial charge in [0.05, 0.1) is 17.7 Å². The molecule has 0 spiro atoms. The molecule has 28 heavy (non-hydrogen) atoms. The number of piperidine rings is 1. The topological polar surface area (TPSA) is 162 Å². The van der Waals surface area contributed by atoms with Crippen molar-refractivity contribution in [3.05, 3.63) is 29.3 Å². The monoisotopic (exact) mass is 388 g/mol. The highest BCUT2D eigenvalue weighted by Crippen LogP contribution is 2.32. The van der Waals surface area contributed by atoms with Gasteiger partial charge in [0.15, 0.2) is 0 Å². The first-order valence-corrected chi connectivity index (χ1v) is 8.36. The van der Waals surface area contributed by atoms with Crippen LogP contribution in [0.15, 0.2) is 18.2 Å². The Hall–Kier alpha value is -3.76. The van der Waals surface area contributed by atoms with Crippen molar-refractivity contribution in [1.29, 1.82) is 0 Å². The number of fused-ring (bicyclic) bond motifs is 1. The second-order valence-electron chi connectivity index (χ2n) is 6.20. The average molecular weight is 388 g/mol. The highest BCUT2D eigenvalue weighted by atomic mass is 16.4. The fourth-order valence-corrected chi connectivity index (χ4v) is 3.07. The maximum absolute atomic E-state index is 12.8. The lowest BCUT2D eigenvalue weighted by Gasteiger charge is -2.27. The van der Waals surface area contributed by atoms with Gasteiger partial charge in [0.1, 0.15) is 12.6 Å². The lowest BCUT2D eigenvalue weighted by Crippen LogP contribution is -2.54. The summed E-state index contributed by atoms with van der Waals surface area (Å²) in [5, 5.41) is 15.5. The Bertz CT molecular complexity index is 911. The molecule has 1 aromatic rings. The normalized spacial score (nSPS) is 18.6. The van der Waals surface area contributed by atoms with Crippen molar-refractivity contribution in [2.75, 3.05) is 18.4 Å². The van der Waals surface area contributed by atoms with Crippen LogP contribution in [0.2, 0.25) is 0 Å². The van der Waals surface area contributed by atoms with E-state index >= 15 is 0 Å². The van der Waals surface area contributed by atoms with Crippen LogP contribution in [0.3, 0.4) is 0 Å². The molecule has 5 amide bonds. The van der Waals surface area contributed by atoms with Crippen LogP contribution in [-0.2, 0) is 19.2 Å². The molecule has 146 valence electrons. The highest BCUT2D eigenvalue weighted by Gasteiger charge is 2.45. The van der Waals surface area contributed by atoms with Crippen molar-refractivity contribution < 1.29 is 33.9 Å². The van der Waals surface area contributed by atoms with Gasteiger partial charge in [0, 0.05) is 12.1 Å². The van der Waals surface area contributed by atoms with E-state index in [2.05, 4.69) is 16.0 Å². The zero-order chi connectivity index (χ0) is 20.4. The number of nitrogens with zero attached hydrogens (tertiary/aromatic N) is 1. The first-order chi connectivity index (χ1) is 13.3. The van der Waals surface area contributed by atoms with Gasteiger partial charge in [-0.3, -0.25) is 39.0 Å². The van der Waals surface area contributed by atoms with Crippen LogP contribution in [0.4, 0.5) is 5.69 Å². The number of anilines is 1. The van der Waals surface area contributed by atoms with E-state index in [1.54, 1.807) is 0 Å². The van der Waals surface area contributed by atoms with E-state index in [1.807, 2.05) is 0 Å². The Labute approximate surface area is 158 Å². The quantitative estimate of drug-likeness (QED) is 0.437. The largest absolute Gasteiger partial charge is 0.480 e. The van der Waals surface area contributed by atoms with Crippen LogP contribution >= 0.6 is 0 Å². The molecule has 0 bridgehead atoms. The number of carbonyl (C=O) groups is 6. The number of carboxylic acid groups (broad SMARTS) is 1. The minimum Gasteiger partial charge on any atom is -0.480 e. The number of hydrogen-bond acceptors (Lipinski definition) is 7. The summed E-state index contributed by atoms with van der Waals surface area (Å²) in [5.41, 5.74) is 0.296. The third kappa shape index (κ3) is 3.54. The average Bonchev–Trinajstić information content (AvgIpc) is 2.90. The smallest absolute Gasteiger partial charge is 0.322 e. The number of imide groups is 2. The highest BCUT2D eigenvalue weighted by molar-refractivity contribution is 6.25. The van der Waals surface area contributed by atoms with E-state index in [9.17, 15) is 28.8 Å². The van der Waals surface area contributed by atoms with Crippen LogP contribution < -0.4 is 16.0 Å². The Morgan fingerprint density at radius 1 is 1.14 bits per heavy atom. The van der Waals surface area contributed by atoms with Crippen molar-refractivity contribution in [2.24, 2.45) is 0 Å². The Morgan fingerprint density at radius 2 is 1.89 bits per heavy atom. The molecule has 1 aromatic carbocycles. The summed E-state index contributed by atoms with van der Waals surface area (Å²) in [6.45, 7) is -0.863. The Morgan fingerprint density at radius 3 is 2.57 bits per heavy atom. The SMILES string of the molecule is O=C(O)CNC(=O)CNc1cccc2c1C(=O)N(C1CCC(=O)NC1=O)C2=O. The molecule has 2 aliphatic heterocycles. The molecular weight excluding hydrogens is 372 g/mol. The van der Waals surface area contributed by atoms with Crippen molar-refractivity contribution >= 4 is 41.2 Å². The molecule has 0 aliphatic carbocycles. The number of rotatable bonds is 6. The minimum absolute atomic E-state index is 0.0126. The van der Waals surface area contributed by atoms with Gasteiger partial charge >= 0.3 is 5.97 Å². The third-order valence-electron chi connectivity index (χ3n) is 4.34. The fraction of sp³-hybridized carbons (Fsp3) is 0.294. The maximum Gasteiger partial charge on any atom is 0.322 e. The van der Waals surface area contributed by atoms with Gasteiger partial charge < -0.3 is 15.7 Å². The van der Waals surface area contributed by atoms with Crippen LogP contribution in [0.1, 0.15) is 33.6 Å². The molecule has 11 nitrogen and oxygen atoms in total. The number of carboxylic acids is 1. The number of aliphatic carboxylic acids is 1. The second-order valence-corrected chi connectivity index (χ2v) is 6.20. The first kappa shape index (κ1) is 19.0. The summed E-state index contributed by atoms with van der Waals surface area (Å²) in [4.78, 5) is 71.8. The number of benzene rings is 1. The standard InChI is InChI=1S/C17H16N4O7/c22-11-5-4-10(15(26)20-11)21-16(27)8-2-1-3-9(14(8)17(21)28)18-6-12(23)19-7-13(24)25/h1-3,10,18H,4-7H2,(H,19,23)(H,24,25)(H,20,22,26). The number of carbonyl (C=O) groups excluding carboxylic acids is 5. The van der Waals surface area contributed by atoms with Crippen molar-refractivity contribution in [3.63, 3.8) is 0 Å². The number of amides is 5. The molecule has 0 radical (unpaired) electrons. The lowest BCUT2D eigenvalue weighted by molar-refractivity contribution is -0.138. The summed E-state index contributed by atoms with van der Waals surface area (Å²) in [6.07, 6.45) is 0.0508. The molecule has 1 unspecified atom stereocenters. The van der Waals surface area contributed by atoms with Gasteiger partial charge in [-0.15, -0.1) is 0 Å². The lowest BCUT2D eigenvalue weighted by atomic mass is 10.0. The van der Waals surface area contributed by atoms with E-state index < -0.39 is 48.1 Å². The van der Waals surface area contributed by atoms with E-state index in [1.165, 1.54) is 18.2 Å². The van der Waals surface area contributed by atoms with Gasteiger partial charge in [-0.1, -0.05) is 6.07 Å². The molecule has 1 fully saturated rings. The summed E-state index contributed by atoms with van der Waals surface area (Å²) < 4.78 is 0. The molecule has 2 heterocycles. The molecule has 0 aromatic heterocycles. The molecule has 0 saturated carbocycles. The summed E-state index contributed by atoms with van der Waals surface area (Å²) in [6, 6.07) is 3.34. The zero-order valence-corrected chi connectivity index (χ0v) is 14.5. The van der Waals surface area contributed by atoms with Crippen LogP contribution in [-0.4, -0.2) is 64.6 Å². The Balaban J connectivity index is 1.78. The maximum atomic E-state index is 12.8. The van der Waals surface area contributed by atoms with Gasteiger partial charge in [-0.05, 0) is 18.6 Å². The zero-order valence-electron chi connectivity index (χ0n) is 14.5. The van der Waals surface area contributed by atoms with Gasteiger partial charge in [-0.2, -0.15) is 0 Å². The Kier molecular flexibility index (Phi) is 5.07. The molecule has 1 atom stereocenters. The fourth-order valence-electron chi connectivity index (χ4n) is 3.07. The molecule has 3 rings (SSSR count). The van der Waals surface area contributed by atoms with E-state index in [0.29, 0.717) is 0 Å². The van der Waals surface area contributed by atoms with E-state index in [-0.39, 0.29) is 36.2 Å². The van der Waals surface area contributed by atoms with E-state index in [0.717, 1.165) is 4.90 Å². The third-order valence-corrected chi connectivity index (χ3v) is 4.34. The minimum atomic E-state index is -1.20. The predicted molar refractivity (Wildman–Crippen MR) is 92.2 cm³/mol. The summed E-state index contributed by atoms with van der Waals surface area (Å²) in [5.74, 6) is -4.36. The van der Waals surface area contributed by atoms with Gasteiger partial charge in [-0.25, -0.2) is 0 Å². The van der Waals surface area contributed by atoms with Crippen LogP contribution in [0, 0.1) is 0 Å². The van der Waals surface area contributed by atoms with Crippen LogP contribution in [0.5, 0.6) is 0 Å². The molecule has 4 N–H and O–H groups in total. The molecule has 2 aliphatic rings. The van der Waals surface area contributed by atoms with Crippen molar-refractivity contribution in [2.45, 2.75) is 18.9 Å². The summed E-state index contributed by atoms with van der Waals surface area (Å²) >= 11 is 0. The summed E-state index contributed by atoms with van der Waals surface area (Å²) in [7, 11) is 0.